The first-order valence-corrected chi connectivity index (χ1v) is 7.03. The molecule has 23 heavy (non-hydrogen) atoms. The first kappa shape index (κ1) is 16.5. The number of ether oxygens (including phenoxy) is 1. The van der Waals surface area contributed by atoms with E-state index in [-0.39, 0.29) is 0 Å². The van der Waals surface area contributed by atoms with Crippen LogP contribution < -0.4 is 10.1 Å². The molecule has 7 heteroatoms. The molecule has 1 unspecified atom stereocenters. The molecule has 1 aromatic heterocycles. The minimum absolute atomic E-state index is 0.396. The number of aliphatic carboxylic acids is 1. The van der Waals surface area contributed by atoms with Crippen LogP contribution in [0.5, 0.6) is 5.75 Å². The van der Waals surface area contributed by atoms with Gasteiger partial charge in [0, 0.05) is 12.7 Å². The van der Waals surface area contributed by atoms with Crippen LogP contribution in [0.15, 0.2) is 24.3 Å². The molecular weight excluding hydrogens is 298 g/mol. The summed E-state index contributed by atoms with van der Waals surface area (Å²) in [7, 11) is 3.26. The zero-order valence-corrected chi connectivity index (χ0v) is 13.5. The molecule has 122 valence electrons. The highest BCUT2D eigenvalue weighted by Crippen LogP contribution is 2.20. The van der Waals surface area contributed by atoms with Crippen LogP contribution in [0.3, 0.4) is 0 Å². The Morgan fingerprint density at radius 3 is 2.30 bits per heavy atom. The monoisotopic (exact) mass is 317 g/mol. The van der Waals surface area contributed by atoms with Gasteiger partial charge in [0.2, 0.25) is 0 Å². The minimum Gasteiger partial charge on any atom is -0.497 e. The normalized spacial score (nSPS) is 11.8. The molecule has 2 rings (SSSR count). The highest BCUT2D eigenvalue weighted by Gasteiger charge is 2.25. The van der Waals surface area contributed by atoms with Crippen molar-refractivity contribution in [2.45, 2.75) is 19.9 Å². The van der Waals surface area contributed by atoms with Crippen molar-refractivity contribution in [1.29, 1.82) is 0 Å². The van der Waals surface area contributed by atoms with Crippen molar-refractivity contribution in [3.63, 3.8) is 0 Å². The number of rotatable bonds is 5. The molecule has 0 radical (unpaired) electrons. The molecule has 2 aromatic rings. The summed E-state index contributed by atoms with van der Waals surface area (Å²) in [5.74, 6) is -0.984. The number of carboxylic acid groups (broad SMARTS) is 1. The highest BCUT2D eigenvalue weighted by atomic mass is 16.5. The molecule has 1 atom stereocenters. The number of hydrogen-bond acceptors (Lipinski definition) is 4. The maximum absolute atomic E-state index is 12.5. The van der Waals surface area contributed by atoms with Crippen LogP contribution in [-0.2, 0) is 11.8 Å². The van der Waals surface area contributed by atoms with Gasteiger partial charge in [0.05, 0.1) is 18.4 Å². The van der Waals surface area contributed by atoms with Crippen LogP contribution in [0.4, 0.5) is 0 Å². The van der Waals surface area contributed by atoms with E-state index in [1.807, 2.05) is 0 Å². The number of carboxylic acids is 1. The summed E-state index contributed by atoms with van der Waals surface area (Å²) in [6.07, 6.45) is 0. The van der Waals surface area contributed by atoms with Gasteiger partial charge in [-0.15, -0.1) is 0 Å². The number of hydrogen-bond donors (Lipinski definition) is 2. The Hall–Kier alpha value is -2.83. The number of nitrogens with one attached hydrogen (secondary N) is 1. The largest absolute Gasteiger partial charge is 0.497 e. The lowest BCUT2D eigenvalue weighted by Crippen LogP contribution is -2.34. The van der Waals surface area contributed by atoms with Crippen molar-refractivity contribution in [3.8, 4) is 5.75 Å². The van der Waals surface area contributed by atoms with Crippen LogP contribution >= 0.6 is 0 Å². The second-order valence-electron chi connectivity index (χ2n) is 5.19. The van der Waals surface area contributed by atoms with Gasteiger partial charge >= 0.3 is 5.97 Å². The van der Waals surface area contributed by atoms with E-state index in [0.717, 1.165) is 0 Å². The molecule has 0 aliphatic rings. The number of aryl methyl sites for hydroxylation is 2. The summed E-state index contributed by atoms with van der Waals surface area (Å²) < 4.78 is 6.64. The number of nitrogens with zero attached hydrogens (tertiary/aromatic N) is 2. The van der Waals surface area contributed by atoms with E-state index < -0.39 is 17.9 Å². The van der Waals surface area contributed by atoms with Gasteiger partial charge in [0.25, 0.3) is 5.91 Å². The molecule has 0 aliphatic heterocycles. The van der Waals surface area contributed by atoms with Crippen LogP contribution in [0, 0.1) is 13.8 Å². The fourth-order valence-corrected chi connectivity index (χ4v) is 2.39. The predicted octanol–water partition coefficient (Wildman–Crippen LogP) is 1.60. The Morgan fingerprint density at radius 2 is 1.87 bits per heavy atom. The van der Waals surface area contributed by atoms with Gasteiger partial charge in [0.1, 0.15) is 5.75 Å². The van der Waals surface area contributed by atoms with Crippen molar-refractivity contribution in [2.75, 3.05) is 7.11 Å². The lowest BCUT2D eigenvalue weighted by Gasteiger charge is -2.15. The van der Waals surface area contributed by atoms with E-state index in [1.165, 1.54) is 7.11 Å². The average Bonchev–Trinajstić information content (AvgIpc) is 2.77. The molecule has 0 fully saturated rings. The van der Waals surface area contributed by atoms with Gasteiger partial charge in [-0.2, -0.15) is 5.10 Å². The third kappa shape index (κ3) is 3.33. The third-order valence-corrected chi connectivity index (χ3v) is 3.71. The van der Waals surface area contributed by atoms with E-state index in [0.29, 0.717) is 28.3 Å². The number of benzene rings is 1. The highest BCUT2D eigenvalue weighted by molar-refractivity contribution is 5.98. The number of carbonyl (C=O) groups excluding carboxylic acids is 1. The van der Waals surface area contributed by atoms with Gasteiger partial charge in [0.15, 0.2) is 6.04 Å². The van der Waals surface area contributed by atoms with Crippen LogP contribution in [-0.4, -0.2) is 33.9 Å². The smallest absolute Gasteiger partial charge is 0.330 e. The van der Waals surface area contributed by atoms with E-state index in [9.17, 15) is 14.7 Å². The first-order chi connectivity index (χ1) is 10.8. The fourth-order valence-electron chi connectivity index (χ4n) is 2.39. The van der Waals surface area contributed by atoms with E-state index in [4.69, 9.17) is 4.74 Å². The summed E-state index contributed by atoms with van der Waals surface area (Å²) in [5.41, 5.74) is 2.10. The number of aromatic nitrogens is 2. The Kier molecular flexibility index (Phi) is 4.68. The van der Waals surface area contributed by atoms with Gasteiger partial charge in [-0.1, -0.05) is 12.1 Å². The molecule has 2 N–H and O–H groups in total. The Balaban J connectivity index is 2.28. The van der Waals surface area contributed by atoms with Gasteiger partial charge in [-0.25, -0.2) is 4.79 Å². The van der Waals surface area contributed by atoms with Crippen molar-refractivity contribution in [3.05, 3.63) is 46.8 Å². The van der Waals surface area contributed by atoms with Gasteiger partial charge in [-0.05, 0) is 31.5 Å². The lowest BCUT2D eigenvalue weighted by atomic mass is 10.1. The molecule has 7 nitrogen and oxygen atoms in total. The second kappa shape index (κ2) is 6.51. The first-order valence-electron chi connectivity index (χ1n) is 7.03. The maximum Gasteiger partial charge on any atom is 0.330 e. The Morgan fingerprint density at radius 1 is 1.26 bits per heavy atom. The summed E-state index contributed by atoms with van der Waals surface area (Å²) in [6.45, 7) is 3.48. The quantitative estimate of drug-likeness (QED) is 0.873. The van der Waals surface area contributed by atoms with Crippen molar-refractivity contribution >= 4 is 11.9 Å². The summed E-state index contributed by atoms with van der Waals surface area (Å²) >= 11 is 0. The molecule has 0 bridgehead atoms. The summed E-state index contributed by atoms with van der Waals surface area (Å²) in [5, 5.41) is 16.1. The van der Waals surface area contributed by atoms with E-state index in [2.05, 4.69) is 10.4 Å². The third-order valence-electron chi connectivity index (χ3n) is 3.71. The van der Waals surface area contributed by atoms with E-state index >= 15 is 0 Å². The SMILES string of the molecule is COc1ccc(C(NC(=O)c2c(C)nn(C)c2C)C(=O)O)cc1. The van der Waals surface area contributed by atoms with Crippen molar-refractivity contribution in [2.24, 2.45) is 7.05 Å². The number of amides is 1. The van der Waals surface area contributed by atoms with Crippen LogP contribution in [0.1, 0.15) is 33.4 Å². The zero-order chi connectivity index (χ0) is 17.1. The fraction of sp³-hybridized carbons (Fsp3) is 0.312. The average molecular weight is 317 g/mol. The Labute approximate surface area is 133 Å². The maximum atomic E-state index is 12.5. The topological polar surface area (TPSA) is 93.5 Å². The van der Waals surface area contributed by atoms with Crippen LogP contribution in [0.2, 0.25) is 0 Å². The summed E-state index contributed by atoms with van der Waals surface area (Å²) in [6, 6.07) is 5.38. The number of carbonyl (C=O) groups is 2. The number of methoxy groups -OCH3 is 1. The van der Waals surface area contributed by atoms with Gasteiger partial charge in [-0.3, -0.25) is 9.48 Å². The molecule has 1 amide bonds. The molecular formula is C16H19N3O4. The molecule has 1 heterocycles. The van der Waals surface area contributed by atoms with Crippen molar-refractivity contribution < 1.29 is 19.4 Å². The molecule has 0 saturated heterocycles. The van der Waals surface area contributed by atoms with Gasteiger partial charge < -0.3 is 15.2 Å². The lowest BCUT2D eigenvalue weighted by molar-refractivity contribution is -0.139. The van der Waals surface area contributed by atoms with E-state index in [1.54, 1.807) is 49.8 Å². The zero-order valence-electron chi connectivity index (χ0n) is 13.5. The second-order valence-corrected chi connectivity index (χ2v) is 5.19. The van der Waals surface area contributed by atoms with Crippen molar-refractivity contribution in [1.82, 2.24) is 15.1 Å². The Bertz CT molecular complexity index is 735. The molecule has 0 saturated carbocycles. The predicted molar refractivity (Wildman–Crippen MR) is 83.5 cm³/mol. The molecule has 0 aliphatic carbocycles. The molecule has 0 spiro atoms. The molecule has 1 aromatic carbocycles. The minimum atomic E-state index is -1.15. The van der Waals surface area contributed by atoms with Crippen LogP contribution in [0.25, 0.3) is 0 Å². The summed E-state index contributed by atoms with van der Waals surface area (Å²) in [4.78, 5) is 24.0. The standard InChI is InChI=1S/C16H19N3O4/c1-9-13(10(2)19(3)18-9)15(20)17-14(16(21)22)11-5-7-12(23-4)8-6-11/h5-8,14H,1-4H3,(H,17,20)(H,21,22).